The lowest BCUT2D eigenvalue weighted by molar-refractivity contribution is 0.0751. The molecular formula is C14H17NO2S. The van der Waals surface area contributed by atoms with E-state index in [-0.39, 0.29) is 5.91 Å². The molecule has 2 atom stereocenters. The molecule has 0 bridgehead atoms. The summed E-state index contributed by atoms with van der Waals surface area (Å²) in [6.45, 7) is 3.35. The van der Waals surface area contributed by atoms with Crippen LogP contribution in [0.15, 0.2) is 29.2 Å². The van der Waals surface area contributed by atoms with E-state index in [1.54, 1.807) is 11.8 Å². The van der Waals surface area contributed by atoms with E-state index in [0.29, 0.717) is 11.8 Å². The number of likely N-dealkylation sites (tertiary alicyclic amines) is 1. The van der Waals surface area contributed by atoms with Crippen molar-refractivity contribution in [2.45, 2.75) is 4.90 Å². The highest BCUT2D eigenvalue weighted by Crippen LogP contribution is 2.30. The predicted octanol–water partition coefficient (Wildman–Crippen LogP) is 2.13. The number of rotatable bonds is 2. The maximum atomic E-state index is 12.4. The second kappa shape index (κ2) is 4.94. The quantitative estimate of drug-likeness (QED) is 0.766. The molecule has 3 nitrogen and oxygen atoms in total. The number of nitrogens with zero attached hydrogens (tertiary/aromatic N) is 1. The Balaban J connectivity index is 1.70. The maximum absolute atomic E-state index is 12.4. The van der Waals surface area contributed by atoms with Gasteiger partial charge in [0.1, 0.15) is 0 Å². The molecule has 2 heterocycles. The van der Waals surface area contributed by atoms with Gasteiger partial charge >= 0.3 is 0 Å². The molecule has 2 aliphatic heterocycles. The molecule has 2 saturated heterocycles. The monoisotopic (exact) mass is 263 g/mol. The minimum absolute atomic E-state index is 0.164. The van der Waals surface area contributed by atoms with Crippen LogP contribution < -0.4 is 0 Å². The molecule has 2 unspecified atom stereocenters. The van der Waals surface area contributed by atoms with Crippen molar-refractivity contribution in [2.75, 3.05) is 32.6 Å². The van der Waals surface area contributed by atoms with Gasteiger partial charge in [-0.05, 0) is 30.5 Å². The minimum Gasteiger partial charge on any atom is -0.381 e. The Morgan fingerprint density at radius 1 is 1.22 bits per heavy atom. The molecule has 0 aliphatic carbocycles. The Hall–Kier alpha value is -1.00. The van der Waals surface area contributed by atoms with E-state index >= 15 is 0 Å². The van der Waals surface area contributed by atoms with E-state index in [2.05, 4.69) is 0 Å². The third-order valence-electron chi connectivity index (χ3n) is 3.86. The van der Waals surface area contributed by atoms with Crippen LogP contribution >= 0.6 is 11.8 Å². The summed E-state index contributed by atoms with van der Waals surface area (Å²) in [5.74, 6) is 1.27. The number of hydrogen-bond donors (Lipinski definition) is 0. The van der Waals surface area contributed by atoms with E-state index in [4.69, 9.17) is 4.74 Å². The first-order chi connectivity index (χ1) is 8.78. The minimum atomic E-state index is 0.164. The van der Waals surface area contributed by atoms with Crippen molar-refractivity contribution in [1.29, 1.82) is 0 Å². The van der Waals surface area contributed by atoms with Gasteiger partial charge in [0.25, 0.3) is 5.91 Å². The lowest BCUT2D eigenvalue weighted by Gasteiger charge is -2.17. The van der Waals surface area contributed by atoms with Crippen LogP contribution in [-0.2, 0) is 4.74 Å². The summed E-state index contributed by atoms with van der Waals surface area (Å²) in [4.78, 5) is 15.5. The number of carbonyl (C=O) groups excluding carboxylic acids is 1. The van der Waals surface area contributed by atoms with Gasteiger partial charge in [0.15, 0.2) is 0 Å². The third-order valence-corrected chi connectivity index (χ3v) is 4.61. The zero-order valence-electron chi connectivity index (χ0n) is 10.5. The molecule has 0 radical (unpaired) electrons. The number of amides is 1. The lowest BCUT2D eigenvalue weighted by Crippen LogP contribution is -2.30. The second-order valence-electron chi connectivity index (χ2n) is 5.00. The van der Waals surface area contributed by atoms with Gasteiger partial charge in [-0.25, -0.2) is 0 Å². The number of carbonyl (C=O) groups is 1. The summed E-state index contributed by atoms with van der Waals surface area (Å²) < 4.78 is 5.43. The Labute approximate surface area is 111 Å². The summed E-state index contributed by atoms with van der Waals surface area (Å²) in [5, 5.41) is 0. The molecule has 0 N–H and O–H groups in total. The summed E-state index contributed by atoms with van der Waals surface area (Å²) in [6.07, 6.45) is 2.04. The molecule has 3 rings (SSSR count). The highest BCUT2D eigenvalue weighted by Gasteiger charge is 2.39. The molecule has 1 amide bonds. The van der Waals surface area contributed by atoms with Crippen molar-refractivity contribution in [3.63, 3.8) is 0 Å². The zero-order chi connectivity index (χ0) is 12.5. The van der Waals surface area contributed by atoms with Gasteiger partial charge in [0.2, 0.25) is 0 Å². The SMILES string of the molecule is CSc1ccc(C(=O)N2CC3COCC3C2)cc1. The Morgan fingerprint density at radius 3 is 2.39 bits per heavy atom. The second-order valence-corrected chi connectivity index (χ2v) is 5.88. The molecule has 4 heteroatoms. The highest BCUT2D eigenvalue weighted by molar-refractivity contribution is 7.98. The van der Waals surface area contributed by atoms with Gasteiger partial charge in [-0.15, -0.1) is 11.8 Å². The van der Waals surface area contributed by atoms with E-state index in [0.717, 1.165) is 31.9 Å². The van der Waals surface area contributed by atoms with Crippen molar-refractivity contribution >= 4 is 17.7 Å². The number of benzene rings is 1. The predicted molar refractivity (Wildman–Crippen MR) is 71.9 cm³/mol. The van der Waals surface area contributed by atoms with Gasteiger partial charge in [0.05, 0.1) is 13.2 Å². The van der Waals surface area contributed by atoms with Crippen LogP contribution in [0.4, 0.5) is 0 Å². The van der Waals surface area contributed by atoms with E-state index < -0.39 is 0 Å². The summed E-state index contributed by atoms with van der Waals surface area (Å²) in [7, 11) is 0. The van der Waals surface area contributed by atoms with Crippen LogP contribution in [0, 0.1) is 11.8 Å². The molecule has 0 spiro atoms. The van der Waals surface area contributed by atoms with Crippen molar-refractivity contribution in [2.24, 2.45) is 11.8 Å². The third kappa shape index (κ3) is 2.15. The molecule has 2 aliphatic rings. The van der Waals surface area contributed by atoms with Gasteiger partial charge in [-0.2, -0.15) is 0 Å². The maximum Gasteiger partial charge on any atom is 0.253 e. The lowest BCUT2D eigenvalue weighted by atomic mass is 10.0. The van der Waals surface area contributed by atoms with Crippen molar-refractivity contribution in [1.82, 2.24) is 4.90 Å². The fraction of sp³-hybridized carbons (Fsp3) is 0.500. The van der Waals surface area contributed by atoms with Crippen LogP contribution in [0.1, 0.15) is 10.4 Å². The molecule has 18 heavy (non-hydrogen) atoms. The van der Waals surface area contributed by atoms with Crippen LogP contribution in [0.2, 0.25) is 0 Å². The normalized spacial score (nSPS) is 26.4. The fourth-order valence-electron chi connectivity index (χ4n) is 2.77. The highest BCUT2D eigenvalue weighted by atomic mass is 32.2. The van der Waals surface area contributed by atoms with E-state index in [1.807, 2.05) is 35.4 Å². The van der Waals surface area contributed by atoms with Crippen LogP contribution in [0.5, 0.6) is 0 Å². The van der Waals surface area contributed by atoms with Crippen molar-refractivity contribution in [3.8, 4) is 0 Å². The molecule has 1 aromatic rings. The standard InChI is InChI=1S/C14H17NO2S/c1-18-13-4-2-10(3-5-13)14(16)15-6-11-8-17-9-12(11)7-15/h2-5,11-12H,6-9H2,1H3. The largest absolute Gasteiger partial charge is 0.381 e. The molecule has 0 saturated carbocycles. The average Bonchev–Trinajstić information content (AvgIpc) is 2.99. The summed E-state index contributed by atoms with van der Waals surface area (Å²) >= 11 is 1.69. The molecule has 2 fully saturated rings. The number of ether oxygens (including phenoxy) is 1. The van der Waals surface area contributed by atoms with E-state index in [1.165, 1.54) is 4.90 Å². The van der Waals surface area contributed by atoms with Gasteiger partial charge in [-0.1, -0.05) is 0 Å². The Morgan fingerprint density at radius 2 is 1.83 bits per heavy atom. The molecule has 0 aromatic heterocycles. The van der Waals surface area contributed by atoms with Crippen LogP contribution in [-0.4, -0.2) is 43.4 Å². The smallest absolute Gasteiger partial charge is 0.253 e. The van der Waals surface area contributed by atoms with Gasteiger partial charge in [-0.3, -0.25) is 4.79 Å². The first kappa shape index (κ1) is 12.1. The van der Waals surface area contributed by atoms with Crippen molar-refractivity contribution < 1.29 is 9.53 Å². The number of thioether (sulfide) groups is 1. The topological polar surface area (TPSA) is 29.5 Å². The Kier molecular flexibility index (Phi) is 3.31. The first-order valence-corrected chi connectivity index (χ1v) is 7.51. The molecule has 1 aromatic carbocycles. The number of fused-ring (bicyclic) bond motifs is 1. The van der Waals surface area contributed by atoms with E-state index in [9.17, 15) is 4.79 Å². The average molecular weight is 263 g/mol. The summed E-state index contributed by atoms with van der Waals surface area (Å²) in [6, 6.07) is 7.88. The summed E-state index contributed by atoms with van der Waals surface area (Å²) in [5.41, 5.74) is 0.800. The van der Waals surface area contributed by atoms with Gasteiger partial charge < -0.3 is 9.64 Å². The first-order valence-electron chi connectivity index (χ1n) is 6.29. The van der Waals surface area contributed by atoms with Crippen molar-refractivity contribution in [3.05, 3.63) is 29.8 Å². The van der Waals surface area contributed by atoms with Crippen LogP contribution in [0.3, 0.4) is 0 Å². The fourth-order valence-corrected chi connectivity index (χ4v) is 3.18. The zero-order valence-corrected chi connectivity index (χ0v) is 11.3. The molecule has 96 valence electrons. The van der Waals surface area contributed by atoms with Crippen LogP contribution in [0.25, 0.3) is 0 Å². The van der Waals surface area contributed by atoms with Gasteiger partial charge in [0, 0.05) is 35.4 Å². The Bertz CT molecular complexity index is 434. The molecular weight excluding hydrogens is 246 g/mol. The number of hydrogen-bond acceptors (Lipinski definition) is 3.